The molecule has 1 unspecified atom stereocenters. The van der Waals surface area contributed by atoms with E-state index in [-0.39, 0.29) is 16.3 Å². The van der Waals surface area contributed by atoms with E-state index in [2.05, 4.69) is 31.0 Å². The molecule has 1 aliphatic rings. The van der Waals surface area contributed by atoms with Crippen molar-refractivity contribution in [2.75, 3.05) is 11.4 Å². The van der Waals surface area contributed by atoms with Crippen molar-refractivity contribution in [2.24, 2.45) is 0 Å². The van der Waals surface area contributed by atoms with Crippen LogP contribution in [0.15, 0.2) is 12.1 Å². The van der Waals surface area contributed by atoms with Crippen molar-refractivity contribution in [1.29, 1.82) is 0 Å². The molecular weight excluding hydrogens is 304 g/mol. The fourth-order valence-electron chi connectivity index (χ4n) is 2.50. The zero-order chi connectivity index (χ0) is 15.1. The first-order valence-corrected chi connectivity index (χ1v) is 8.49. The molecular formula is C15H16N2O2S2. The summed E-state index contributed by atoms with van der Waals surface area (Å²) in [4.78, 5) is 29.7. The number of fused-ring (bicyclic) bond motifs is 1. The first-order chi connectivity index (χ1) is 9.95. The third kappa shape index (κ3) is 2.70. The highest BCUT2D eigenvalue weighted by molar-refractivity contribution is 8.14. The van der Waals surface area contributed by atoms with Gasteiger partial charge in [-0.15, -0.1) is 0 Å². The molecule has 1 saturated heterocycles. The number of thiazole rings is 1. The summed E-state index contributed by atoms with van der Waals surface area (Å²) >= 11 is 2.79. The Hall–Kier alpha value is -1.40. The smallest absolute Gasteiger partial charge is 0.230 e. The fourth-order valence-corrected chi connectivity index (χ4v) is 4.47. The number of aromatic nitrogens is 1. The molecule has 110 valence electrons. The number of hydrogen-bond acceptors (Lipinski definition) is 5. The second-order valence-corrected chi connectivity index (χ2v) is 7.78. The number of rotatable bonds is 2. The molecule has 0 saturated carbocycles. The quantitative estimate of drug-likeness (QED) is 0.852. The minimum atomic E-state index is 0.0462. The lowest BCUT2D eigenvalue weighted by Crippen LogP contribution is -2.24. The van der Waals surface area contributed by atoms with Crippen LogP contribution in [0, 0.1) is 13.8 Å². The van der Waals surface area contributed by atoms with Gasteiger partial charge < -0.3 is 0 Å². The van der Waals surface area contributed by atoms with E-state index in [4.69, 9.17) is 0 Å². The third-order valence-corrected chi connectivity index (χ3v) is 5.75. The van der Waals surface area contributed by atoms with E-state index in [1.54, 1.807) is 23.2 Å². The molecule has 0 aliphatic carbocycles. The van der Waals surface area contributed by atoms with E-state index in [0.717, 1.165) is 20.9 Å². The zero-order valence-corrected chi connectivity index (χ0v) is 13.8. The van der Waals surface area contributed by atoms with E-state index < -0.39 is 0 Å². The fraction of sp³-hybridized carbons (Fsp3) is 0.400. The Labute approximate surface area is 131 Å². The molecule has 2 heterocycles. The average molecular weight is 320 g/mol. The number of hydrogen-bond donors (Lipinski definition) is 0. The number of carbonyl (C=O) groups is 2. The Bertz CT molecular complexity index is 739. The van der Waals surface area contributed by atoms with Gasteiger partial charge in [-0.3, -0.25) is 14.5 Å². The molecule has 3 rings (SSSR count). The minimum absolute atomic E-state index is 0.0462. The monoisotopic (exact) mass is 320 g/mol. The lowest BCUT2D eigenvalue weighted by atomic mass is 10.1. The maximum absolute atomic E-state index is 12.2. The predicted octanol–water partition coefficient (Wildman–Crippen LogP) is 3.30. The second kappa shape index (κ2) is 5.42. The van der Waals surface area contributed by atoms with Gasteiger partial charge >= 0.3 is 0 Å². The van der Waals surface area contributed by atoms with Crippen LogP contribution in [-0.4, -0.2) is 27.8 Å². The highest BCUT2D eigenvalue weighted by Crippen LogP contribution is 2.35. The number of amides is 1. The van der Waals surface area contributed by atoms with Crippen molar-refractivity contribution in [1.82, 2.24) is 4.98 Å². The number of anilines is 1. The van der Waals surface area contributed by atoms with Gasteiger partial charge in [-0.25, -0.2) is 4.98 Å². The molecule has 0 radical (unpaired) electrons. The molecule has 21 heavy (non-hydrogen) atoms. The van der Waals surface area contributed by atoms with Crippen LogP contribution in [0.4, 0.5) is 5.13 Å². The molecule has 1 aromatic heterocycles. The van der Waals surface area contributed by atoms with Gasteiger partial charge in [0.1, 0.15) is 0 Å². The highest BCUT2D eigenvalue weighted by atomic mass is 32.2. The summed E-state index contributed by atoms with van der Waals surface area (Å²) in [5, 5.41) is 0.852. The highest BCUT2D eigenvalue weighted by Gasteiger charge is 2.33. The molecule has 0 N–H and O–H groups in total. The Morgan fingerprint density at radius 1 is 1.43 bits per heavy atom. The van der Waals surface area contributed by atoms with Gasteiger partial charge in [0.2, 0.25) is 5.91 Å². The van der Waals surface area contributed by atoms with Crippen molar-refractivity contribution in [2.45, 2.75) is 32.4 Å². The van der Waals surface area contributed by atoms with Crippen molar-refractivity contribution in [3.63, 3.8) is 0 Å². The summed E-state index contributed by atoms with van der Waals surface area (Å²) in [6.07, 6.45) is 0.415. The second-order valence-electron chi connectivity index (χ2n) is 5.29. The number of carbonyl (C=O) groups excluding carboxylic acids is 2. The summed E-state index contributed by atoms with van der Waals surface area (Å²) in [5.41, 5.74) is 3.35. The van der Waals surface area contributed by atoms with Crippen LogP contribution in [0.2, 0.25) is 0 Å². The maximum Gasteiger partial charge on any atom is 0.230 e. The summed E-state index contributed by atoms with van der Waals surface area (Å²) in [6, 6.07) is 4.14. The molecule has 1 aromatic carbocycles. The van der Waals surface area contributed by atoms with Crippen LogP contribution in [0.3, 0.4) is 0 Å². The van der Waals surface area contributed by atoms with Crippen LogP contribution in [0.25, 0.3) is 10.2 Å². The first kappa shape index (κ1) is 14.5. The van der Waals surface area contributed by atoms with E-state index >= 15 is 0 Å². The molecule has 0 bridgehead atoms. The van der Waals surface area contributed by atoms with Crippen LogP contribution < -0.4 is 4.90 Å². The number of nitrogens with zero attached hydrogens (tertiary/aromatic N) is 2. The Kier molecular flexibility index (Phi) is 3.75. The molecule has 6 heteroatoms. The molecule has 1 amide bonds. The Morgan fingerprint density at radius 2 is 2.19 bits per heavy atom. The number of aryl methyl sites for hydroxylation is 2. The first-order valence-electron chi connectivity index (χ1n) is 6.80. The predicted molar refractivity (Wildman–Crippen MR) is 88.1 cm³/mol. The molecule has 2 aromatic rings. The lowest BCUT2D eigenvalue weighted by molar-refractivity contribution is -0.117. The summed E-state index contributed by atoms with van der Waals surface area (Å²) < 4.78 is 1.10. The zero-order valence-electron chi connectivity index (χ0n) is 12.2. The Balaban J connectivity index is 1.92. The SMILES string of the molecule is CC(=O)SC1CC(=O)N(c2nc3c(C)c(C)ccc3s2)C1. The molecule has 1 aliphatic heterocycles. The number of thioether (sulfide) groups is 1. The standard InChI is InChI=1S/C15H16N2O2S2/c1-8-4-5-12-14(9(8)2)16-15(21-12)17-7-11(6-13(17)19)20-10(3)18/h4-5,11H,6-7H2,1-3H3. The van der Waals surface area contributed by atoms with Crippen molar-refractivity contribution in [3.05, 3.63) is 23.3 Å². The average Bonchev–Trinajstić information content (AvgIpc) is 2.97. The van der Waals surface area contributed by atoms with Gasteiger partial charge in [-0.1, -0.05) is 29.2 Å². The molecule has 0 spiro atoms. The van der Waals surface area contributed by atoms with E-state index in [1.807, 2.05) is 0 Å². The van der Waals surface area contributed by atoms with Gasteiger partial charge in [-0.2, -0.15) is 0 Å². The minimum Gasteiger partial charge on any atom is -0.288 e. The van der Waals surface area contributed by atoms with Crippen LogP contribution >= 0.6 is 23.1 Å². The largest absolute Gasteiger partial charge is 0.288 e. The lowest BCUT2D eigenvalue weighted by Gasteiger charge is -2.11. The van der Waals surface area contributed by atoms with Crippen LogP contribution in [0.5, 0.6) is 0 Å². The summed E-state index contributed by atoms with van der Waals surface area (Å²) in [5.74, 6) is 0.0576. The third-order valence-electron chi connectivity index (χ3n) is 3.73. The van der Waals surface area contributed by atoms with Crippen molar-refractivity contribution in [3.8, 4) is 0 Å². The van der Waals surface area contributed by atoms with E-state index in [9.17, 15) is 9.59 Å². The molecule has 1 atom stereocenters. The normalized spacial score (nSPS) is 18.7. The van der Waals surface area contributed by atoms with Gasteiger partial charge in [-0.05, 0) is 31.0 Å². The van der Waals surface area contributed by atoms with E-state index in [0.29, 0.717) is 13.0 Å². The van der Waals surface area contributed by atoms with Crippen molar-refractivity contribution >= 4 is 49.5 Å². The van der Waals surface area contributed by atoms with Crippen molar-refractivity contribution < 1.29 is 9.59 Å². The van der Waals surface area contributed by atoms with Gasteiger partial charge in [0.05, 0.1) is 10.2 Å². The summed E-state index contributed by atoms with van der Waals surface area (Å²) in [7, 11) is 0. The van der Waals surface area contributed by atoms with Gasteiger partial charge in [0.15, 0.2) is 10.2 Å². The van der Waals surface area contributed by atoms with Crippen LogP contribution in [0.1, 0.15) is 24.5 Å². The molecule has 4 nitrogen and oxygen atoms in total. The molecule has 1 fully saturated rings. The van der Waals surface area contributed by atoms with Crippen LogP contribution in [-0.2, 0) is 9.59 Å². The number of benzene rings is 1. The summed E-state index contributed by atoms with van der Waals surface area (Å²) in [6.45, 7) is 6.23. The maximum atomic E-state index is 12.2. The Morgan fingerprint density at radius 3 is 2.90 bits per heavy atom. The van der Waals surface area contributed by atoms with E-state index in [1.165, 1.54) is 17.3 Å². The topological polar surface area (TPSA) is 50.3 Å². The van der Waals surface area contributed by atoms with Gasteiger partial charge in [0, 0.05) is 25.1 Å². The van der Waals surface area contributed by atoms with Gasteiger partial charge in [0.25, 0.3) is 0 Å².